The lowest BCUT2D eigenvalue weighted by Gasteiger charge is -2.06. The minimum absolute atomic E-state index is 0.691. The molecule has 0 unspecified atom stereocenters. The van der Waals surface area contributed by atoms with Gasteiger partial charge in [-0.05, 0) is 36.8 Å². The zero-order valence-electron chi connectivity index (χ0n) is 10.5. The van der Waals surface area contributed by atoms with Crippen LogP contribution in [0.4, 0.5) is 5.69 Å². The van der Waals surface area contributed by atoms with Crippen LogP contribution in [0.3, 0.4) is 0 Å². The van der Waals surface area contributed by atoms with Crippen molar-refractivity contribution in [2.24, 2.45) is 0 Å². The highest BCUT2D eigenvalue weighted by Gasteiger charge is 1.97. The van der Waals surface area contributed by atoms with Crippen LogP contribution in [-0.2, 0) is 0 Å². The van der Waals surface area contributed by atoms with Crippen LogP contribution in [0.25, 0.3) is 0 Å². The summed E-state index contributed by atoms with van der Waals surface area (Å²) >= 11 is 7.71. The van der Waals surface area contributed by atoms with Crippen molar-refractivity contribution in [3.8, 4) is 5.75 Å². The van der Waals surface area contributed by atoms with Gasteiger partial charge in [0.15, 0.2) is 0 Å². The second-order valence-electron chi connectivity index (χ2n) is 4.08. The molecule has 100 valence electrons. The van der Waals surface area contributed by atoms with Crippen molar-refractivity contribution < 1.29 is 4.74 Å². The minimum Gasteiger partial charge on any atom is -0.493 e. The van der Waals surface area contributed by atoms with Gasteiger partial charge in [0.25, 0.3) is 0 Å². The molecular formula is C15H16ClNOS. The van der Waals surface area contributed by atoms with E-state index in [0.717, 1.165) is 28.6 Å². The highest BCUT2D eigenvalue weighted by Crippen LogP contribution is 2.22. The van der Waals surface area contributed by atoms with Crippen LogP contribution in [-0.4, -0.2) is 12.4 Å². The molecular weight excluding hydrogens is 278 g/mol. The number of benzene rings is 2. The molecule has 0 radical (unpaired) electrons. The third kappa shape index (κ3) is 5.05. The number of hydrogen-bond donors (Lipinski definition) is 1. The van der Waals surface area contributed by atoms with Gasteiger partial charge in [0.2, 0.25) is 0 Å². The van der Waals surface area contributed by atoms with E-state index in [1.54, 1.807) is 11.8 Å². The van der Waals surface area contributed by atoms with Crippen LogP contribution in [0.2, 0.25) is 5.02 Å². The summed E-state index contributed by atoms with van der Waals surface area (Å²) in [5.41, 5.74) is 6.41. The van der Waals surface area contributed by atoms with Crippen LogP contribution in [0, 0.1) is 0 Å². The lowest BCUT2D eigenvalue weighted by molar-refractivity contribution is 0.319. The molecule has 2 rings (SSSR count). The number of ether oxygens (including phenoxy) is 1. The van der Waals surface area contributed by atoms with Crippen LogP contribution in [0.5, 0.6) is 5.75 Å². The third-order valence-electron chi connectivity index (χ3n) is 2.48. The number of anilines is 1. The summed E-state index contributed by atoms with van der Waals surface area (Å²) < 4.78 is 5.63. The molecule has 19 heavy (non-hydrogen) atoms. The second-order valence-corrected chi connectivity index (χ2v) is 5.69. The van der Waals surface area contributed by atoms with Gasteiger partial charge < -0.3 is 10.5 Å². The molecule has 2 aromatic carbocycles. The van der Waals surface area contributed by atoms with Gasteiger partial charge in [-0.3, -0.25) is 0 Å². The first kappa shape index (κ1) is 14.1. The molecule has 2 aromatic rings. The van der Waals surface area contributed by atoms with Crippen molar-refractivity contribution in [1.82, 2.24) is 0 Å². The van der Waals surface area contributed by atoms with Gasteiger partial charge >= 0.3 is 0 Å². The number of halogens is 1. The molecule has 4 heteroatoms. The fraction of sp³-hybridized carbons (Fsp3) is 0.200. The average molecular weight is 294 g/mol. The Morgan fingerprint density at radius 1 is 1.11 bits per heavy atom. The molecule has 0 spiro atoms. The maximum atomic E-state index is 5.93. The Morgan fingerprint density at radius 3 is 2.74 bits per heavy atom. The molecule has 0 aliphatic carbocycles. The molecule has 0 bridgehead atoms. The standard InChI is InChI=1S/C15H16ClNOS/c16-12-4-1-7-15(10-12)19-9-3-8-18-14-6-2-5-13(17)11-14/h1-2,4-7,10-11H,3,8-9,17H2. The highest BCUT2D eigenvalue weighted by molar-refractivity contribution is 7.99. The summed E-state index contributed by atoms with van der Waals surface area (Å²) in [6, 6.07) is 15.4. The number of nitrogen functional groups attached to an aromatic ring is 1. The summed E-state index contributed by atoms with van der Waals surface area (Å²) in [6.45, 7) is 0.691. The Labute approximate surface area is 122 Å². The van der Waals surface area contributed by atoms with Gasteiger partial charge in [-0.1, -0.05) is 23.7 Å². The van der Waals surface area contributed by atoms with E-state index in [1.807, 2.05) is 42.5 Å². The molecule has 0 heterocycles. The van der Waals surface area contributed by atoms with Crippen molar-refractivity contribution in [2.75, 3.05) is 18.1 Å². The minimum atomic E-state index is 0.691. The SMILES string of the molecule is Nc1cccc(OCCCSc2cccc(Cl)c2)c1. The van der Waals surface area contributed by atoms with Gasteiger partial charge in [0.05, 0.1) is 6.61 Å². The molecule has 0 aliphatic rings. The Bertz CT molecular complexity index is 486. The third-order valence-corrected chi connectivity index (χ3v) is 3.80. The van der Waals surface area contributed by atoms with Gasteiger partial charge in [-0.2, -0.15) is 0 Å². The van der Waals surface area contributed by atoms with Crippen molar-refractivity contribution in [3.05, 3.63) is 53.6 Å². The number of thioether (sulfide) groups is 1. The topological polar surface area (TPSA) is 35.2 Å². The summed E-state index contributed by atoms with van der Waals surface area (Å²) in [6.07, 6.45) is 0.978. The quantitative estimate of drug-likeness (QED) is 0.484. The highest BCUT2D eigenvalue weighted by atomic mass is 35.5. The fourth-order valence-corrected chi connectivity index (χ4v) is 2.74. The Hall–Kier alpha value is -1.32. The molecule has 2 N–H and O–H groups in total. The van der Waals surface area contributed by atoms with E-state index in [4.69, 9.17) is 22.1 Å². The zero-order valence-corrected chi connectivity index (χ0v) is 12.1. The average Bonchev–Trinajstić information content (AvgIpc) is 2.38. The van der Waals surface area contributed by atoms with Crippen LogP contribution in [0.1, 0.15) is 6.42 Å². The normalized spacial score (nSPS) is 10.4. The molecule has 0 fully saturated rings. The molecule has 0 saturated carbocycles. The molecule has 0 atom stereocenters. The molecule has 0 aliphatic heterocycles. The summed E-state index contributed by atoms with van der Waals surface area (Å²) in [5.74, 6) is 1.83. The van der Waals surface area contributed by atoms with E-state index in [1.165, 1.54) is 4.90 Å². The van der Waals surface area contributed by atoms with Crippen LogP contribution < -0.4 is 10.5 Å². The first-order valence-corrected chi connectivity index (χ1v) is 7.47. The van der Waals surface area contributed by atoms with E-state index in [0.29, 0.717) is 6.61 Å². The van der Waals surface area contributed by atoms with Gasteiger partial charge in [-0.25, -0.2) is 0 Å². The number of nitrogens with two attached hydrogens (primary N) is 1. The maximum Gasteiger partial charge on any atom is 0.121 e. The summed E-state index contributed by atoms with van der Waals surface area (Å²) in [4.78, 5) is 1.19. The smallest absolute Gasteiger partial charge is 0.121 e. The van der Waals surface area contributed by atoms with Crippen molar-refractivity contribution in [1.29, 1.82) is 0 Å². The summed E-state index contributed by atoms with van der Waals surface area (Å²) in [5, 5.41) is 0.779. The van der Waals surface area contributed by atoms with Gasteiger partial charge in [0.1, 0.15) is 5.75 Å². The number of rotatable bonds is 6. The van der Waals surface area contributed by atoms with Crippen molar-refractivity contribution >= 4 is 29.1 Å². The summed E-state index contributed by atoms with van der Waals surface area (Å²) in [7, 11) is 0. The molecule has 0 amide bonds. The molecule has 0 aromatic heterocycles. The lowest BCUT2D eigenvalue weighted by atomic mass is 10.3. The van der Waals surface area contributed by atoms with E-state index in [2.05, 4.69) is 6.07 Å². The van der Waals surface area contributed by atoms with Crippen LogP contribution in [0.15, 0.2) is 53.4 Å². The Balaban J connectivity index is 1.67. The van der Waals surface area contributed by atoms with Crippen molar-refractivity contribution in [3.63, 3.8) is 0 Å². The predicted molar refractivity (Wildman–Crippen MR) is 83.1 cm³/mol. The Morgan fingerprint density at radius 2 is 1.95 bits per heavy atom. The monoisotopic (exact) mass is 293 g/mol. The van der Waals surface area contributed by atoms with E-state index in [-0.39, 0.29) is 0 Å². The predicted octanol–water partition coefficient (Wildman–Crippen LogP) is 4.48. The van der Waals surface area contributed by atoms with E-state index in [9.17, 15) is 0 Å². The van der Waals surface area contributed by atoms with Crippen LogP contribution >= 0.6 is 23.4 Å². The first-order valence-electron chi connectivity index (χ1n) is 6.11. The molecule has 0 saturated heterocycles. The Kier molecular flexibility index (Phi) is 5.43. The van der Waals surface area contributed by atoms with E-state index >= 15 is 0 Å². The second kappa shape index (κ2) is 7.31. The first-order chi connectivity index (χ1) is 9.24. The van der Waals surface area contributed by atoms with Gasteiger partial charge in [0, 0.05) is 27.4 Å². The zero-order chi connectivity index (χ0) is 13.5. The maximum absolute atomic E-state index is 5.93. The van der Waals surface area contributed by atoms with Crippen molar-refractivity contribution in [2.45, 2.75) is 11.3 Å². The fourth-order valence-electron chi connectivity index (χ4n) is 1.60. The number of hydrogen-bond acceptors (Lipinski definition) is 3. The van der Waals surface area contributed by atoms with Gasteiger partial charge in [-0.15, -0.1) is 11.8 Å². The van der Waals surface area contributed by atoms with E-state index < -0.39 is 0 Å². The lowest BCUT2D eigenvalue weighted by Crippen LogP contribution is -1.99. The largest absolute Gasteiger partial charge is 0.493 e. The molecule has 2 nitrogen and oxygen atoms in total.